The summed E-state index contributed by atoms with van der Waals surface area (Å²) in [5.41, 5.74) is 7.50. The Balaban J connectivity index is 2.24. The molecule has 1 fully saturated rings. The van der Waals surface area contributed by atoms with E-state index in [9.17, 15) is 4.79 Å². The van der Waals surface area contributed by atoms with Crippen molar-refractivity contribution in [3.8, 4) is 0 Å². The molecule has 3 nitrogen and oxygen atoms in total. The highest BCUT2D eigenvalue weighted by Crippen LogP contribution is 2.30. The van der Waals surface area contributed by atoms with Gasteiger partial charge in [0.15, 0.2) is 0 Å². The van der Waals surface area contributed by atoms with Crippen LogP contribution >= 0.6 is 11.3 Å². The van der Waals surface area contributed by atoms with Crippen LogP contribution in [0.2, 0.25) is 0 Å². The van der Waals surface area contributed by atoms with Gasteiger partial charge in [-0.15, -0.1) is 11.3 Å². The van der Waals surface area contributed by atoms with E-state index in [2.05, 4.69) is 5.32 Å². The van der Waals surface area contributed by atoms with E-state index in [1.54, 1.807) is 0 Å². The van der Waals surface area contributed by atoms with E-state index in [4.69, 9.17) is 5.73 Å². The van der Waals surface area contributed by atoms with Gasteiger partial charge in [0.2, 0.25) is 0 Å². The van der Waals surface area contributed by atoms with E-state index in [-0.39, 0.29) is 5.91 Å². The number of nitrogens with two attached hydrogens (primary N) is 1. The number of hydrogen-bond donors (Lipinski definition) is 2. The molecule has 0 unspecified atom stereocenters. The number of carbonyl (C=O) groups is 1. The highest BCUT2D eigenvalue weighted by Gasteiger charge is 2.26. The minimum absolute atomic E-state index is 0.00755. The molecule has 14 heavy (non-hydrogen) atoms. The van der Waals surface area contributed by atoms with Crippen molar-refractivity contribution in [1.82, 2.24) is 5.32 Å². The molecule has 0 saturated heterocycles. The Bertz CT molecular complexity index is 380. The largest absolute Gasteiger partial charge is 0.390 e. The minimum Gasteiger partial charge on any atom is -0.390 e. The van der Waals surface area contributed by atoms with Gasteiger partial charge in [0.05, 0.1) is 10.6 Å². The van der Waals surface area contributed by atoms with Gasteiger partial charge in [-0.1, -0.05) is 0 Å². The Morgan fingerprint density at radius 3 is 2.57 bits per heavy atom. The van der Waals surface area contributed by atoms with Gasteiger partial charge >= 0.3 is 0 Å². The number of amides is 1. The molecule has 1 aromatic rings. The van der Waals surface area contributed by atoms with E-state index in [1.807, 2.05) is 13.8 Å². The van der Waals surface area contributed by atoms with Crippen LogP contribution in [0.15, 0.2) is 0 Å². The summed E-state index contributed by atoms with van der Waals surface area (Å²) < 4.78 is 0. The fourth-order valence-corrected chi connectivity index (χ4v) is 2.35. The van der Waals surface area contributed by atoms with Crippen molar-refractivity contribution in [2.75, 3.05) is 5.73 Å². The second kappa shape index (κ2) is 3.28. The molecule has 76 valence electrons. The van der Waals surface area contributed by atoms with E-state index in [1.165, 1.54) is 11.3 Å². The lowest BCUT2D eigenvalue weighted by atomic mass is 10.1. The van der Waals surface area contributed by atoms with E-state index >= 15 is 0 Å². The zero-order chi connectivity index (χ0) is 10.3. The van der Waals surface area contributed by atoms with Gasteiger partial charge in [0, 0.05) is 10.9 Å². The number of anilines is 1. The number of carbonyl (C=O) groups excluding carboxylic acids is 1. The summed E-state index contributed by atoms with van der Waals surface area (Å²) in [6, 6.07) is 0.390. The van der Waals surface area contributed by atoms with Crippen LogP contribution in [0, 0.1) is 13.8 Å². The Labute approximate surface area is 87.3 Å². The fraction of sp³-hybridized carbons (Fsp3) is 0.500. The second-order valence-electron chi connectivity index (χ2n) is 3.77. The standard InChI is InChI=1S/C10H14N2OS/c1-5-6(2)14-9(11)8(5)10(13)12-7-3-4-7/h7H,3-4,11H2,1-2H3,(H,12,13). The Morgan fingerprint density at radius 2 is 2.14 bits per heavy atom. The monoisotopic (exact) mass is 210 g/mol. The number of hydrogen-bond acceptors (Lipinski definition) is 3. The van der Waals surface area contributed by atoms with Crippen molar-refractivity contribution < 1.29 is 4.79 Å². The summed E-state index contributed by atoms with van der Waals surface area (Å²) in [5, 5.41) is 3.59. The van der Waals surface area contributed by atoms with Gasteiger partial charge in [-0.25, -0.2) is 0 Å². The van der Waals surface area contributed by atoms with Crippen LogP contribution in [0.4, 0.5) is 5.00 Å². The molecule has 1 saturated carbocycles. The highest BCUT2D eigenvalue weighted by molar-refractivity contribution is 7.16. The lowest BCUT2D eigenvalue weighted by molar-refractivity contribution is 0.0951. The summed E-state index contributed by atoms with van der Waals surface area (Å²) in [5.74, 6) is -0.00755. The molecular formula is C10H14N2OS. The van der Waals surface area contributed by atoms with Crippen LogP contribution in [0.5, 0.6) is 0 Å². The molecule has 1 aliphatic rings. The third-order valence-electron chi connectivity index (χ3n) is 2.55. The molecule has 0 radical (unpaired) electrons. The van der Waals surface area contributed by atoms with Crippen LogP contribution in [0.1, 0.15) is 33.6 Å². The molecule has 0 aliphatic heterocycles. The number of nitrogens with one attached hydrogen (secondary N) is 1. The summed E-state index contributed by atoms with van der Waals surface area (Å²) >= 11 is 1.49. The molecule has 1 aromatic heterocycles. The van der Waals surface area contributed by atoms with Crippen LogP contribution in [-0.4, -0.2) is 11.9 Å². The molecular weight excluding hydrogens is 196 g/mol. The second-order valence-corrected chi connectivity index (χ2v) is 5.03. The molecule has 4 heteroatoms. The predicted molar refractivity (Wildman–Crippen MR) is 58.7 cm³/mol. The van der Waals surface area contributed by atoms with E-state index in [0.717, 1.165) is 23.3 Å². The lowest BCUT2D eigenvalue weighted by Crippen LogP contribution is -2.26. The number of rotatable bonds is 2. The number of nitrogen functional groups attached to an aromatic ring is 1. The van der Waals surface area contributed by atoms with Crippen LogP contribution in [-0.2, 0) is 0 Å². The summed E-state index contributed by atoms with van der Waals surface area (Å²) in [6.45, 7) is 3.94. The summed E-state index contributed by atoms with van der Waals surface area (Å²) in [6.07, 6.45) is 2.21. The van der Waals surface area contributed by atoms with Gasteiger partial charge in [0.25, 0.3) is 5.91 Å². The first kappa shape index (κ1) is 9.52. The van der Waals surface area contributed by atoms with Crippen molar-refractivity contribution >= 4 is 22.2 Å². The third-order valence-corrected chi connectivity index (χ3v) is 3.59. The van der Waals surface area contributed by atoms with E-state index < -0.39 is 0 Å². The van der Waals surface area contributed by atoms with Crippen LogP contribution < -0.4 is 11.1 Å². The van der Waals surface area contributed by atoms with Gasteiger partial charge in [-0.05, 0) is 32.3 Å². The Morgan fingerprint density at radius 1 is 1.50 bits per heavy atom. The Kier molecular flexibility index (Phi) is 2.23. The van der Waals surface area contributed by atoms with Gasteiger partial charge in [-0.2, -0.15) is 0 Å². The first-order valence-corrected chi connectivity index (χ1v) is 5.57. The predicted octanol–water partition coefficient (Wildman–Crippen LogP) is 1.84. The summed E-state index contributed by atoms with van der Waals surface area (Å²) in [7, 11) is 0. The van der Waals surface area contributed by atoms with Crippen LogP contribution in [0.25, 0.3) is 0 Å². The maximum atomic E-state index is 11.8. The first-order valence-electron chi connectivity index (χ1n) is 4.76. The third kappa shape index (κ3) is 1.62. The van der Waals surface area contributed by atoms with Crippen molar-refractivity contribution in [3.63, 3.8) is 0 Å². The topological polar surface area (TPSA) is 55.1 Å². The fourth-order valence-electron chi connectivity index (χ4n) is 1.42. The van der Waals surface area contributed by atoms with Crippen molar-refractivity contribution in [2.24, 2.45) is 0 Å². The average Bonchev–Trinajstić information content (AvgIpc) is 2.83. The van der Waals surface area contributed by atoms with E-state index in [0.29, 0.717) is 16.6 Å². The SMILES string of the molecule is Cc1sc(N)c(C(=O)NC2CC2)c1C. The van der Waals surface area contributed by atoms with Crippen molar-refractivity contribution in [3.05, 3.63) is 16.0 Å². The number of aryl methyl sites for hydroxylation is 1. The van der Waals surface area contributed by atoms with Crippen LogP contribution in [0.3, 0.4) is 0 Å². The van der Waals surface area contributed by atoms with Crippen molar-refractivity contribution in [1.29, 1.82) is 0 Å². The maximum Gasteiger partial charge on any atom is 0.254 e. The molecule has 3 N–H and O–H groups in total. The van der Waals surface area contributed by atoms with Gasteiger partial charge in [0.1, 0.15) is 0 Å². The summed E-state index contributed by atoms with van der Waals surface area (Å²) in [4.78, 5) is 12.9. The zero-order valence-electron chi connectivity index (χ0n) is 8.39. The molecule has 1 heterocycles. The number of thiophene rings is 1. The first-order chi connectivity index (χ1) is 6.59. The lowest BCUT2D eigenvalue weighted by Gasteiger charge is -2.03. The van der Waals surface area contributed by atoms with Gasteiger partial charge < -0.3 is 11.1 Å². The molecule has 2 rings (SSSR count). The van der Waals surface area contributed by atoms with Gasteiger partial charge in [-0.3, -0.25) is 4.79 Å². The quantitative estimate of drug-likeness (QED) is 0.782. The molecule has 0 atom stereocenters. The smallest absolute Gasteiger partial charge is 0.254 e. The van der Waals surface area contributed by atoms with Crippen molar-refractivity contribution in [2.45, 2.75) is 32.7 Å². The molecule has 0 aromatic carbocycles. The highest BCUT2D eigenvalue weighted by atomic mass is 32.1. The molecule has 1 aliphatic carbocycles. The minimum atomic E-state index is -0.00755. The Hall–Kier alpha value is -1.03. The molecule has 0 spiro atoms. The molecule has 1 amide bonds. The molecule has 0 bridgehead atoms. The normalized spacial score (nSPS) is 15.6. The average molecular weight is 210 g/mol. The zero-order valence-corrected chi connectivity index (χ0v) is 9.20. The maximum absolute atomic E-state index is 11.8.